The van der Waals surface area contributed by atoms with Gasteiger partial charge < -0.3 is 10.2 Å². The van der Waals surface area contributed by atoms with E-state index in [4.69, 9.17) is 0 Å². The molecule has 2 amide bonds. The molecule has 1 unspecified atom stereocenters. The molecule has 106 valence electrons. The molecule has 1 aromatic heterocycles. The Balaban J connectivity index is 1.80. The van der Waals surface area contributed by atoms with E-state index in [0.717, 1.165) is 5.01 Å². The van der Waals surface area contributed by atoms with E-state index in [0.29, 0.717) is 13.0 Å². The summed E-state index contributed by atoms with van der Waals surface area (Å²) in [5.74, 6) is 0.101. The van der Waals surface area contributed by atoms with Crippen LogP contribution in [0.4, 0.5) is 4.79 Å². The normalized spacial score (nSPS) is 22.2. The minimum atomic E-state index is -2.98. The Hall–Kier alpha value is -1.15. The summed E-state index contributed by atoms with van der Waals surface area (Å²) in [5, 5.41) is 5.69. The Labute approximate surface area is 116 Å². The second-order valence-electron chi connectivity index (χ2n) is 4.56. The third-order valence-electron chi connectivity index (χ3n) is 3.03. The Morgan fingerprint density at radius 1 is 1.63 bits per heavy atom. The maximum absolute atomic E-state index is 12.0. The average Bonchev–Trinajstić information content (AvgIpc) is 2.80. The molecule has 19 heavy (non-hydrogen) atoms. The van der Waals surface area contributed by atoms with Gasteiger partial charge in [-0.3, -0.25) is 0 Å². The Kier molecular flexibility index (Phi) is 4.41. The largest absolute Gasteiger partial charge is 0.338 e. The number of urea groups is 1. The lowest BCUT2D eigenvalue weighted by molar-refractivity contribution is 0.185. The zero-order chi connectivity index (χ0) is 13.9. The molecule has 6 nitrogen and oxygen atoms in total. The molecule has 1 saturated heterocycles. The maximum atomic E-state index is 12.0. The summed E-state index contributed by atoms with van der Waals surface area (Å²) in [7, 11) is -2.98. The number of thiazole rings is 1. The quantitative estimate of drug-likeness (QED) is 0.882. The van der Waals surface area contributed by atoms with Crippen molar-refractivity contribution in [3.63, 3.8) is 0 Å². The first-order valence-electron chi connectivity index (χ1n) is 6.11. The predicted molar refractivity (Wildman–Crippen MR) is 74.0 cm³/mol. The van der Waals surface area contributed by atoms with Crippen LogP contribution >= 0.6 is 11.3 Å². The summed E-state index contributed by atoms with van der Waals surface area (Å²) in [6.45, 7) is 2.55. The third kappa shape index (κ3) is 3.90. The molecular weight excluding hydrogens is 286 g/mol. The summed E-state index contributed by atoms with van der Waals surface area (Å²) < 4.78 is 22.9. The van der Waals surface area contributed by atoms with Gasteiger partial charge in [0, 0.05) is 37.1 Å². The van der Waals surface area contributed by atoms with Crippen LogP contribution in [0.15, 0.2) is 11.6 Å². The second kappa shape index (κ2) is 5.87. The minimum absolute atomic E-state index is 0.0485. The van der Waals surface area contributed by atoms with E-state index in [1.807, 2.05) is 5.38 Å². The monoisotopic (exact) mass is 303 g/mol. The average molecular weight is 303 g/mol. The predicted octanol–water partition coefficient (Wildman–Crippen LogP) is 0.514. The van der Waals surface area contributed by atoms with E-state index >= 15 is 0 Å². The van der Waals surface area contributed by atoms with Crippen molar-refractivity contribution in [3.8, 4) is 0 Å². The van der Waals surface area contributed by atoms with Gasteiger partial charge in [0.15, 0.2) is 9.84 Å². The number of nitrogens with one attached hydrogen (secondary N) is 1. The first-order valence-corrected chi connectivity index (χ1v) is 8.81. The number of rotatable bonds is 3. The molecule has 0 radical (unpaired) electrons. The Morgan fingerprint density at radius 3 is 3.05 bits per heavy atom. The molecule has 1 N–H and O–H groups in total. The molecule has 2 rings (SSSR count). The van der Waals surface area contributed by atoms with Crippen LogP contribution in [0.5, 0.6) is 0 Å². The molecule has 0 spiro atoms. The number of aromatic nitrogens is 1. The van der Waals surface area contributed by atoms with Crippen LogP contribution in [0.25, 0.3) is 0 Å². The lowest BCUT2D eigenvalue weighted by atomic mass is 10.3. The fourth-order valence-electron chi connectivity index (χ4n) is 2.05. The molecule has 0 saturated carbocycles. The van der Waals surface area contributed by atoms with E-state index < -0.39 is 9.84 Å². The van der Waals surface area contributed by atoms with Crippen molar-refractivity contribution in [1.29, 1.82) is 0 Å². The third-order valence-corrected chi connectivity index (χ3v) is 5.66. The standard InChI is InChI=1S/C11H17N3O3S2/c1-9-8-19(16,17)7-5-14(9)11(15)13-3-2-10-12-4-6-18-10/h4,6,9H,2-3,5,7-8H2,1H3,(H,13,15). The van der Waals surface area contributed by atoms with Gasteiger partial charge >= 0.3 is 6.03 Å². The smallest absolute Gasteiger partial charge is 0.317 e. The van der Waals surface area contributed by atoms with E-state index in [1.54, 1.807) is 29.4 Å². The van der Waals surface area contributed by atoms with Crippen molar-refractivity contribution >= 4 is 27.2 Å². The van der Waals surface area contributed by atoms with E-state index in [1.165, 1.54) is 0 Å². The lowest BCUT2D eigenvalue weighted by Crippen LogP contribution is -2.53. The van der Waals surface area contributed by atoms with Crippen molar-refractivity contribution in [2.24, 2.45) is 0 Å². The molecule has 0 aromatic carbocycles. The topological polar surface area (TPSA) is 79.4 Å². The molecule has 1 aliphatic heterocycles. The fourth-order valence-corrected chi connectivity index (χ4v) is 4.23. The van der Waals surface area contributed by atoms with Gasteiger partial charge in [-0.2, -0.15) is 0 Å². The summed E-state index contributed by atoms with van der Waals surface area (Å²) in [5.41, 5.74) is 0. The van der Waals surface area contributed by atoms with Crippen molar-refractivity contribution in [2.45, 2.75) is 19.4 Å². The molecule has 1 aliphatic rings. The molecule has 1 aromatic rings. The molecule has 1 fully saturated rings. The molecule has 0 aliphatic carbocycles. The summed E-state index contributed by atoms with van der Waals surface area (Å²) in [6, 6.07) is -0.461. The zero-order valence-electron chi connectivity index (χ0n) is 10.7. The number of nitrogens with zero attached hydrogens (tertiary/aromatic N) is 2. The van der Waals surface area contributed by atoms with Gasteiger partial charge in [-0.1, -0.05) is 0 Å². The van der Waals surface area contributed by atoms with Crippen LogP contribution in [-0.2, 0) is 16.3 Å². The van der Waals surface area contributed by atoms with Crippen LogP contribution in [0, 0.1) is 0 Å². The number of carbonyl (C=O) groups is 1. The van der Waals surface area contributed by atoms with Crippen LogP contribution in [-0.4, -0.2) is 55.0 Å². The van der Waals surface area contributed by atoms with Gasteiger partial charge in [-0.25, -0.2) is 18.2 Å². The molecule has 8 heteroatoms. The van der Waals surface area contributed by atoms with Crippen molar-refractivity contribution in [2.75, 3.05) is 24.6 Å². The highest BCUT2D eigenvalue weighted by atomic mass is 32.2. The van der Waals surface area contributed by atoms with Gasteiger partial charge in [-0.15, -0.1) is 11.3 Å². The minimum Gasteiger partial charge on any atom is -0.338 e. The first-order chi connectivity index (χ1) is 8.98. The second-order valence-corrected chi connectivity index (χ2v) is 7.77. The number of hydrogen-bond donors (Lipinski definition) is 1. The fraction of sp³-hybridized carbons (Fsp3) is 0.636. The lowest BCUT2D eigenvalue weighted by Gasteiger charge is -2.33. The maximum Gasteiger partial charge on any atom is 0.317 e. The Morgan fingerprint density at radius 2 is 2.42 bits per heavy atom. The van der Waals surface area contributed by atoms with Gasteiger partial charge in [0.2, 0.25) is 0 Å². The molecule has 1 atom stereocenters. The van der Waals surface area contributed by atoms with Crippen LogP contribution in [0.1, 0.15) is 11.9 Å². The highest BCUT2D eigenvalue weighted by molar-refractivity contribution is 7.91. The molecular formula is C11H17N3O3S2. The highest BCUT2D eigenvalue weighted by Crippen LogP contribution is 2.11. The van der Waals surface area contributed by atoms with E-state index in [9.17, 15) is 13.2 Å². The summed E-state index contributed by atoms with van der Waals surface area (Å²) >= 11 is 1.56. The first kappa shape index (κ1) is 14.3. The van der Waals surface area contributed by atoms with Gasteiger partial charge in [0.25, 0.3) is 0 Å². The van der Waals surface area contributed by atoms with Crippen LogP contribution in [0.2, 0.25) is 0 Å². The number of carbonyl (C=O) groups excluding carboxylic acids is 1. The zero-order valence-corrected chi connectivity index (χ0v) is 12.3. The van der Waals surface area contributed by atoms with Gasteiger partial charge in [-0.05, 0) is 6.92 Å². The summed E-state index contributed by atoms with van der Waals surface area (Å²) in [4.78, 5) is 17.7. The summed E-state index contributed by atoms with van der Waals surface area (Å²) in [6.07, 6.45) is 2.43. The van der Waals surface area contributed by atoms with Crippen molar-refractivity contribution in [3.05, 3.63) is 16.6 Å². The van der Waals surface area contributed by atoms with Crippen LogP contribution in [0.3, 0.4) is 0 Å². The number of sulfone groups is 1. The van der Waals surface area contributed by atoms with Crippen molar-refractivity contribution < 1.29 is 13.2 Å². The number of hydrogen-bond acceptors (Lipinski definition) is 5. The number of amides is 2. The van der Waals surface area contributed by atoms with E-state index in [-0.39, 0.29) is 30.1 Å². The van der Waals surface area contributed by atoms with Crippen molar-refractivity contribution in [1.82, 2.24) is 15.2 Å². The van der Waals surface area contributed by atoms with E-state index in [2.05, 4.69) is 10.3 Å². The van der Waals surface area contributed by atoms with Gasteiger partial charge in [0.1, 0.15) is 0 Å². The SMILES string of the molecule is CC1CS(=O)(=O)CCN1C(=O)NCCc1nccs1. The molecule has 0 bridgehead atoms. The molecule has 2 heterocycles. The Bertz CT molecular complexity index is 527. The highest BCUT2D eigenvalue weighted by Gasteiger charge is 2.30. The van der Waals surface area contributed by atoms with Crippen LogP contribution < -0.4 is 5.32 Å². The van der Waals surface area contributed by atoms with Gasteiger partial charge in [0.05, 0.1) is 16.5 Å².